The van der Waals surface area contributed by atoms with Gasteiger partial charge in [-0.1, -0.05) is 17.7 Å². The van der Waals surface area contributed by atoms with E-state index < -0.39 is 0 Å². The second kappa shape index (κ2) is 3.67. The quantitative estimate of drug-likeness (QED) is 0.762. The van der Waals surface area contributed by atoms with Crippen LogP contribution in [0.5, 0.6) is 0 Å². The van der Waals surface area contributed by atoms with E-state index in [1.807, 2.05) is 18.7 Å². The SMILES string of the molecule is Cc1ccc2c(c1)CCN2Cn1ccnc1. The minimum absolute atomic E-state index is 0.899. The lowest BCUT2D eigenvalue weighted by atomic mass is 10.1. The number of benzene rings is 1. The van der Waals surface area contributed by atoms with Gasteiger partial charge < -0.3 is 9.47 Å². The number of hydrogen-bond donors (Lipinski definition) is 0. The van der Waals surface area contributed by atoms with Gasteiger partial charge in [0.25, 0.3) is 0 Å². The molecule has 0 atom stereocenters. The summed E-state index contributed by atoms with van der Waals surface area (Å²) >= 11 is 0. The maximum absolute atomic E-state index is 4.07. The smallest absolute Gasteiger partial charge is 0.0960 e. The monoisotopic (exact) mass is 213 g/mol. The topological polar surface area (TPSA) is 21.1 Å². The Morgan fingerprint density at radius 3 is 3.12 bits per heavy atom. The third kappa shape index (κ3) is 1.58. The van der Waals surface area contributed by atoms with Crippen molar-refractivity contribution >= 4 is 5.69 Å². The molecule has 3 heteroatoms. The normalized spacial score (nSPS) is 14.2. The first-order chi connectivity index (χ1) is 7.83. The van der Waals surface area contributed by atoms with Crippen molar-refractivity contribution in [2.75, 3.05) is 11.4 Å². The molecule has 0 spiro atoms. The van der Waals surface area contributed by atoms with Gasteiger partial charge in [0.15, 0.2) is 0 Å². The highest BCUT2D eigenvalue weighted by Gasteiger charge is 2.18. The molecular formula is C13H15N3. The Bertz CT molecular complexity index is 488. The van der Waals surface area contributed by atoms with E-state index >= 15 is 0 Å². The molecule has 2 heterocycles. The van der Waals surface area contributed by atoms with E-state index in [9.17, 15) is 0 Å². The fourth-order valence-electron chi connectivity index (χ4n) is 2.31. The Morgan fingerprint density at radius 1 is 1.38 bits per heavy atom. The number of rotatable bonds is 2. The summed E-state index contributed by atoms with van der Waals surface area (Å²) in [5.74, 6) is 0. The first-order valence-electron chi connectivity index (χ1n) is 5.63. The van der Waals surface area contributed by atoms with E-state index in [4.69, 9.17) is 0 Å². The van der Waals surface area contributed by atoms with E-state index in [1.54, 1.807) is 0 Å². The van der Waals surface area contributed by atoms with E-state index in [1.165, 1.54) is 16.8 Å². The van der Waals surface area contributed by atoms with Crippen molar-refractivity contribution in [2.45, 2.75) is 20.0 Å². The van der Waals surface area contributed by atoms with Crippen molar-refractivity contribution in [1.82, 2.24) is 9.55 Å². The predicted molar refractivity (Wildman–Crippen MR) is 64.5 cm³/mol. The minimum atomic E-state index is 0.899. The number of fused-ring (bicyclic) bond motifs is 1. The molecule has 3 nitrogen and oxygen atoms in total. The van der Waals surface area contributed by atoms with E-state index in [2.05, 4.69) is 39.6 Å². The van der Waals surface area contributed by atoms with E-state index in [0.29, 0.717) is 0 Å². The van der Waals surface area contributed by atoms with Gasteiger partial charge in [0.2, 0.25) is 0 Å². The Morgan fingerprint density at radius 2 is 2.31 bits per heavy atom. The van der Waals surface area contributed by atoms with Crippen LogP contribution in [0.15, 0.2) is 36.9 Å². The molecule has 2 aromatic rings. The molecule has 1 aliphatic rings. The molecule has 82 valence electrons. The molecule has 1 aliphatic heterocycles. The summed E-state index contributed by atoms with van der Waals surface area (Å²) in [4.78, 5) is 6.47. The zero-order valence-corrected chi connectivity index (χ0v) is 9.43. The molecule has 0 unspecified atom stereocenters. The molecule has 0 bridgehead atoms. The molecule has 0 amide bonds. The minimum Gasteiger partial charge on any atom is -0.353 e. The van der Waals surface area contributed by atoms with Crippen molar-refractivity contribution < 1.29 is 0 Å². The van der Waals surface area contributed by atoms with Crippen LogP contribution in [0, 0.1) is 6.92 Å². The Labute approximate surface area is 95.3 Å². The van der Waals surface area contributed by atoms with Crippen molar-refractivity contribution in [3.63, 3.8) is 0 Å². The molecule has 16 heavy (non-hydrogen) atoms. The molecule has 1 aromatic heterocycles. The highest BCUT2D eigenvalue weighted by Crippen LogP contribution is 2.28. The lowest BCUT2D eigenvalue weighted by Gasteiger charge is -2.19. The van der Waals surface area contributed by atoms with Gasteiger partial charge in [-0.3, -0.25) is 0 Å². The van der Waals surface area contributed by atoms with Crippen molar-refractivity contribution in [3.05, 3.63) is 48.0 Å². The van der Waals surface area contributed by atoms with Gasteiger partial charge in [-0.05, 0) is 25.0 Å². The maximum atomic E-state index is 4.07. The van der Waals surface area contributed by atoms with Crippen LogP contribution in [0.1, 0.15) is 11.1 Å². The second-order valence-corrected chi connectivity index (χ2v) is 4.36. The summed E-state index contributed by atoms with van der Waals surface area (Å²) in [6, 6.07) is 6.71. The average Bonchev–Trinajstić information content (AvgIpc) is 2.89. The Kier molecular flexibility index (Phi) is 2.17. The molecule has 0 aliphatic carbocycles. The predicted octanol–water partition coefficient (Wildman–Crippen LogP) is 2.21. The van der Waals surface area contributed by atoms with Crippen LogP contribution in [0.2, 0.25) is 0 Å². The molecule has 0 fully saturated rings. The average molecular weight is 213 g/mol. The maximum Gasteiger partial charge on any atom is 0.0960 e. The number of aromatic nitrogens is 2. The van der Waals surface area contributed by atoms with Crippen LogP contribution >= 0.6 is 0 Å². The second-order valence-electron chi connectivity index (χ2n) is 4.36. The molecular weight excluding hydrogens is 198 g/mol. The number of anilines is 1. The summed E-state index contributed by atoms with van der Waals surface area (Å²) in [7, 11) is 0. The highest BCUT2D eigenvalue weighted by molar-refractivity contribution is 5.58. The highest BCUT2D eigenvalue weighted by atomic mass is 15.3. The summed E-state index contributed by atoms with van der Waals surface area (Å²) in [6.45, 7) is 4.16. The zero-order valence-electron chi connectivity index (χ0n) is 9.43. The number of hydrogen-bond acceptors (Lipinski definition) is 2. The summed E-state index contributed by atoms with van der Waals surface area (Å²) in [5.41, 5.74) is 4.20. The van der Waals surface area contributed by atoms with Gasteiger partial charge in [0.05, 0.1) is 13.0 Å². The third-order valence-electron chi connectivity index (χ3n) is 3.12. The summed E-state index contributed by atoms with van der Waals surface area (Å²) in [6.07, 6.45) is 6.86. The molecule has 0 radical (unpaired) electrons. The molecule has 1 aromatic carbocycles. The Balaban J connectivity index is 1.86. The van der Waals surface area contributed by atoms with E-state index in [0.717, 1.165) is 19.6 Å². The van der Waals surface area contributed by atoms with Crippen LogP contribution in [0.4, 0.5) is 5.69 Å². The summed E-state index contributed by atoms with van der Waals surface area (Å²) in [5, 5.41) is 0. The standard InChI is InChI=1S/C13H15N3/c1-11-2-3-13-12(8-11)4-6-16(13)10-15-7-5-14-9-15/h2-3,5,7-9H,4,6,10H2,1H3. The van der Waals surface area contributed by atoms with Crippen LogP contribution in [-0.4, -0.2) is 16.1 Å². The van der Waals surface area contributed by atoms with Crippen LogP contribution in [-0.2, 0) is 13.1 Å². The fourth-order valence-corrected chi connectivity index (χ4v) is 2.31. The van der Waals surface area contributed by atoms with Gasteiger partial charge in [-0.25, -0.2) is 4.98 Å². The third-order valence-corrected chi connectivity index (χ3v) is 3.12. The lowest BCUT2D eigenvalue weighted by molar-refractivity contribution is 0.655. The summed E-state index contributed by atoms with van der Waals surface area (Å²) < 4.78 is 2.11. The molecule has 0 N–H and O–H groups in total. The van der Waals surface area contributed by atoms with Crippen LogP contribution in [0.3, 0.4) is 0 Å². The van der Waals surface area contributed by atoms with Crippen molar-refractivity contribution in [3.8, 4) is 0 Å². The van der Waals surface area contributed by atoms with Gasteiger partial charge in [0, 0.05) is 24.6 Å². The number of imidazole rings is 1. The van der Waals surface area contributed by atoms with E-state index in [-0.39, 0.29) is 0 Å². The first-order valence-corrected chi connectivity index (χ1v) is 5.63. The molecule has 0 saturated carbocycles. The molecule has 0 saturated heterocycles. The van der Waals surface area contributed by atoms with Crippen LogP contribution < -0.4 is 4.90 Å². The van der Waals surface area contributed by atoms with Crippen molar-refractivity contribution in [1.29, 1.82) is 0 Å². The zero-order chi connectivity index (χ0) is 11.0. The van der Waals surface area contributed by atoms with Gasteiger partial charge in [-0.2, -0.15) is 0 Å². The first kappa shape index (κ1) is 9.46. The molecule has 3 rings (SSSR count). The largest absolute Gasteiger partial charge is 0.353 e. The van der Waals surface area contributed by atoms with Crippen molar-refractivity contribution in [2.24, 2.45) is 0 Å². The van der Waals surface area contributed by atoms with Crippen LogP contribution in [0.25, 0.3) is 0 Å². The van der Waals surface area contributed by atoms with Gasteiger partial charge in [-0.15, -0.1) is 0 Å². The van der Waals surface area contributed by atoms with Gasteiger partial charge >= 0.3 is 0 Å². The van der Waals surface area contributed by atoms with Gasteiger partial charge in [0.1, 0.15) is 0 Å². The fraction of sp³-hybridized carbons (Fsp3) is 0.308. The lowest BCUT2D eigenvalue weighted by Crippen LogP contribution is -2.23. The number of aryl methyl sites for hydroxylation is 1. The Hall–Kier alpha value is -1.77. The number of nitrogens with zero attached hydrogens (tertiary/aromatic N) is 3.